The second-order valence-corrected chi connectivity index (χ2v) is 9.11. The lowest BCUT2D eigenvalue weighted by Crippen LogP contribution is -2.35. The molecule has 2 atom stereocenters. The lowest BCUT2D eigenvalue weighted by Gasteiger charge is -2.22. The van der Waals surface area contributed by atoms with Crippen LogP contribution >= 0.6 is 22.9 Å². The highest BCUT2D eigenvalue weighted by molar-refractivity contribution is 7.89. The Balaban J connectivity index is 2.30. The summed E-state index contributed by atoms with van der Waals surface area (Å²) in [6, 6.07) is 1.99. The zero-order valence-corrected chi connectivity index (χ0v) is 14.6. The summed E-state index contributed by atoms with van der Waals surface area (Å²) < 4.78 is 27.1. The maximum absolute atomic E-state index is 12.8. The average Bonchev–Trinajstić information content (AvgIpc) is 2.93. The lowest BCUT2D eigenvalue weighted by molar-refractivity contribution is 0.263. The molecule has 4 nitrogen and oxygen atoms in total. The van der Waals surface area contributed by atoms with Gasteiger partial charge in [-0.05, 0) is 33.0 Å². The number of rotatable bonds is 4. The van der Waals surface area contributed by atoms with E-state index in [-0.39, 0.29) is 6.04 Å². The highest BCUT2D eigenvalue weighted by Crippen LogP contribution is 2.32. The summed E-state index contributed by atoms with van der Waals surface area (Å²) in [6.07, 6.45) is 0. The van der Waals surface area contributed by atoms with E-state index in [0.717, 1.165) is 9.75 Å². The van der Waals surface area contributed by atoms with E-state index in [1.165, 1.54) is 11.3 Å². The van der Waals surface area contributed by atoms with Gasteiger partial charge in [-0.1, -0.05) is 6.92 Å². The van der Waals surface area contributed by atoms with Crippen LogP contribution in [0, 0.1) is 12.8 Å². The maximum atomic E-state index is 12.8. The first kappa shape index (κ1) is 16.2. The Morgan fingerprint density at radius 1 is 1.45 bits per heavy atom. The second-order valence-electron chi connectivity index (χ2n) is 5.60. The average molecular weight is 337 g/mol. The van der Waals surface area contributed by atoms with E-state index in [2.05, 4.69) is 11.8 Å². The van der Waals surface area contributed by atoms with Crippen molar-refractivity contribution in [1.82, 2.24) is 9.21 Å². The zero-order valence-electron chi connectivity index (χ0n) is 12.3. The van der Waals surface area contributed by atoms with Gasteiger partial charge >= 0.3 is 0 Å². The van der Waals surface area contributed by atoms with E-state index in [9.17, 15) is 8.42 Å². The Kier molecular flexibility index (Phi) is 4.81. The van der Waals surface area contributed by atoms with Crippen LogP contribution in [0.1, 0.15) is 16.7 Å². The van der Waals surface area contributed by atoms with Crippen molar-refractivity contribution in [2.24, 2.45) is 5.92 Å². The Morgan fingerprint density at radius 2 is 2.10 bits per heavy atom. The SMILES string of the molecule is Cc1sc(CCl)cc1S(=O)(=O)N1CC(C)C(N(C)C)C1. The van der Waals surface area contributed by atoms with Gasteiger partial charge in [-0.25, -0.2) is 8.42 Å². The molecule has 0 amide bonds. The molecule has 0 saturated carbocycles. The minimum absolute atomic E-state index is 0.274. The minimum Gasteiger partial charge on any atom is -0.305 e. The maximum Gasteiger partial charge on any atom is 0.244 e. The van der Waals surface area contributed by atoms with Gasteiger partial charge in [-0.15, -0.1) is 22.9 Å². The number of alkyl halides is 1. The fourth-order valence-electron chi connectivity index (χ4n) is 2.76. The molecule has 2 unspecified atom stereocenters. The zero-order chi connectivity index (χ0) is 15.1. The number of thiophene rings is 1. The van der Waals surface area contributed by atoms with E-state index >= 15 is 0 Å². The van der Waals surface area contributed by atoms with Crippen LogP contribution in [0.15, 0.2) is 11.0 Å². The Hall–Kier alpha value is -0.140. The molecule has 0 spiro atoms. The third kappa shape index (κ3) is 2.90. The Bertz CT molecular complexity index is 583. The summed E-state index contributed by atoms with van der Waals surface area (Å²) in [4.78, 5) is 4.25. The second kappa shape index (κ2) is 5.93. The molecule has 0 radical (unpaired) electrons. The molecule has 2 heterocycles. The van der Waals surface area contributed by atoms with E-state index in [4.69, 9.17) is 11.6 Å². The number of nitrogens with zero attached hydrogens (tertiary/aromatic N) is 2. The van der Waals surface area contributed by atoms with Crippen molar-refractivity contribution in [1.29, 1.82) is 0 Å². The molecule has 1 aliphatic heterocycles. The topological polar surface area (TPSA) is 40.6 Å². The van der Waals surface area contributed by atoms with Gasteiger partial charge in [0.25, 0.3) is 0 Å². The standard InChI is InChI=1S/C13H21ClN2O2S2/c1-9-7-16(8-12(9)15(3)4)20(17,18)13-5-11(6-14)19-10(13)2/h5,9,12H,6-8H2,1-4H3. The van der Waals surface area contributed by atoms with Crippen LogP contribution in [0.5, 0.6) is 0 Å². The number of hydrogen-bond donors (Lipinski definition) is 0. The van der Waals surface area contributed by atoms with Crippen LogP contribution in [0.25, 0.3) is 0 Å². The molecule has 20 heavy (non-hydrogen) atoms. The number of likely N-dealkylation sites (N-methyl/N-ethyl adjacent to an activating group) is 1. The lowest BCUT2D eigenvalue weighted by atomic mass is 10.1. The number of hydrogen-bond acceptors (Lipinski definition) is 4. The summed E-state index contributed by atoms with van der Waals surface area (Å²) in [5, 5.41) is 0. The van der Waals surface area contributed by atoms with Gasteiger partial charge in [0.05, 0.1) is 10.8 Å². The molecule has 1 aromatic rings. The summed E-state index contributed by atoms with van der Waals surface area (Å²) in [6.45, 7) is 5.08. The molecule has 1 saturated heterocycles. The molecule has 7 heteroatoms. The summed E-state index contributed by atoms with van der Waals surface area (Å²) in [5.74, 6) is 0.698. The van der Waals surface area contributed by atoms with Crippen LogP contribution < -0.4 is 0 Å². The molecule has 0 N–H and O–H groups in total. The number of aryl methyl sites for hydroxylation is 1. The van der Waals surface area contributed by atoms with E-state index in [1.54, 1.807) is 10.4 Å². The molecule has 0 bridgehead atoms. The molecule has 1 aliphatic rings. The first-order valence-corrected chi connectivity index (χ1v) is 9.38. The third-order valence-corrected chi connectivity index (χ3v) is 7.46. The molecule has 1 fully saturated rings. The van der Waals surface area contributed by atoms with Crippen molar-refractivity contribution in [3.05, 3.63) is 15.8 Å². The van der Waals surface area contributed by atoms with E-state index in [1.807, 2.05) is 21.0 Å². The first-order chi connectivity index (χ1) is 9.27. The molecular formula is C13H21ClN2O2S2. The summed E-state index contributed by atoms with van der Waals surface area (Å²) >= 11 is 7.26. The highest BCUT2D eigenvalue weighted by atomic mass is 35.5. The van der Waals surface area contributed by atoms with Gasteiger partial charge in [-0.3, -0.25) is 0 Å². The van der Waals surface area contributed by atoms with Crippen LogP contribution in [0.3, 0.4) is 0 Å². The van der Waals surface area contributed by atoms with Crippen molar-refractivity contribution in [3.8, 4) is 0 Å². The van der Waals surface area contributed by atoms with Gasteiger partial charge in [0.15, 0.2) is 0 Å². The van der Waals surface area contributed by atoms with E-state index in [0.29, 0.717) is 29.8 Å². The van der Waals surface area contributed by atoms with Gasteiger partial charge < -0.3 is 4.90 Å². The van der Waals surface area contributed by atoms with E-state index < -0.39 is 10.0 Å². The van der Waals surface area contributed by atoms with Crippen molar-refractivity contribution in [3.63, 3.8) is 0 Å². The fourth-order valence-corrected chi connectivity index (χ4v) is 6.01. The molecule has 114 valence electrons. The summed E-state index contributed by atoms with van der Waals surface area (Å²) in [5.41, 5.74) is 0. The van der Waals surface area contributed by atoms with Crippen molar-refractivity contribution >= 4 is 33.0 Å². The van der Waals surface area contributed by atoms with Crippen LogP contribution in [-0.4, -0.2) is 50.8 Å². The third-order valence-electron chi connectivity index (χ3n) is 3.88. The predicted octanol–water partition coefficient (Wildman–Crippen LogP) is 2.37. The largest absolute Gasteiger partial charge is 0.305 e. The first-order valence-electron chi connectivity index (χ1n) is 6.59. The summed E-state index contributed by atoms with van der Waals surface area (Å²) in [7, 11) is 0.598. The van der Waals surface area contributed by atoms with Crippen molar-refractivity contribution < 1.29 is 8.42 Å². The van der Waals surface area contributed by atoms with Gasteiger partial charge in [0.1, 0.15) is 0 Å². The molecule has 0 aromatic carbocycles. The van der Waals surface area contributed by atoms with Crippen LogP contribution in [-0.2, 0) is 15.9 Å². The molecular weight excluding hydrogens is 316 g/mol. The minimum atomic E-state index is -3.40. The molecule has 0 aliphatic carbocycles. The molecule has 1 aromatic heterocycles. The smallest absolute Gasteiger partial charge is 0.244 e. The number of sulfonamides is 1. The molecule has 2 rings (SSSR count). The normalized spacial score (nSPS) is 24.7. The van der Waals surface area contributed by atoms with Gasteiger partial charge in [0.2, 0.25) is 10.0 Å². The Labute approximate surface area is 130 Å². The van der Waals surface area contributed by atoms with Crippen LogP contribution in [0.4, 0.5) is 0 Å². The highest BCUT2D eigenvalue weighted by Gasteiger charge is 2.39. The number of halogens is 1. The Morgan fingerprint density at radius 3 is 2.55 bits per heavy atom. The quantitative estimate of drug-likeness (QED) is 0.793. The van der Waals surface area contributed by atoms with Crippen molar-refractivity contribution in [2.45, 2.75) is 30.7 Å². The predicted molar refractivity (Wildman–Crippen MR) is 84.0 cm³/mol. The van der Waals surface area contributed by atoms with Gasteiger partial charge in [-0.2, -0.15) is 4.31 Å². The van der Waals surface area contributed by atoms with Gasteiger partial charge in [0, 0.05) is 28.9 Å². The van der Waals surface area contributed by atoms with Crippen molar-refractivity contribution in [2.75, 3.05) is 27.2 Å². The monoisotopic (exact) mass is 336 g/mol. The fraction of sp³-hybridized carbons (Fsp3) is 0.692. The van der Waals surface area contributed by atoms with Crippen LogP contribution in [0.2, 0.25) is 0 Å².